The zero-order chi connectivity index (χ0) is 15.5. The lowest BCUT2D eigenvalue weighted by Crippen LogP contribution is -2.24. The van der Waals surface area contributed by atoms with E-state index in [2.05, 4.69) is 9.97 Å². The number of nitrogens with zero attached hydrogens (tertiary/aromatic N) is 3. The first-order valence-electron chi connectivity index (χ1n) is 6.81. The Labute approximate surface area is 132 Å². The SMILES string of the molecule is CCOC(=O)c1ccc2c(c1)Sc1nccnc1N2COC. The van der Waals surface area contributed by atoms with E-state index in [-0.39, 0.29) is 5.97 Å². The smallest absolute Gasteiger partial charge is 0.338 e. The predicted octanol–water partition coefficient (Wildman–Crippen LogP) is 2.86. The first-order chi connectivity index (χ1) is 10.7. The molecule has 1 aromatic carbocycles. The molecule has 1 aliphatic rings. The molecule has 0 aliphatic carbocycles. The molecule has 0 N–H and O–H groups in total. The van der Waals surface area contributed by atoms with Crippen molar-refractivity contribution in [1.29, 1.82) is 0 Å². The quantitative estimate of drug-likeness (QED) is 0.803. The summed E-state index contributed by atoms with van der Waals surface area (Å²) < 4.78 is 10.3. The summed E-state index contributed by atoms with van der Waals surface area (Å²) in [5.41, 5.74) is 1.46. The van der Waals surface area contributed by atoms with Gasteiger partial charge in [0, 0.05) is 24.4 Å². The van der Waals surface area contributed by atoms with Gasteiger partial charge in [0.2, 0.25) is 0 Å². The van der Waals surface area contributed by atoms with Crippen molar-refractivity contribution in [2.24, 2.45) is 0 Å². The van der Waals surface area contributed by atoms with Crippen LogP contribution in [0.2, 0.25) is 0 Å². The van der Waals surface area contributed by atoms with Crippen molar-refractivity contribution >= 4 is 29.2 Å². The molecular weight excluding hydrogens is 302 g/mol. The van der Waals surface area contributed by atoms with Gasteiger partial charge in [-0.1, -0.05) is 11.8 Å². The first kappa shape index (κ1) is 14.8. The molecule has 6 nitrogen and oxygen atoms in total. The summed E-state index contributed by atoms with van der Waals surface area (Å²) in [4.78, 5) is 23.5. The maximum absolute atomic E-state index is 11.9. The van der Waals surface area contributed by atoms with Gasteiger partial charge in [-0.2, -0.15) is 0 Å². The van der Waals surface area contributed by atoms with Gasteiger partial charge in [-0.15, -0.1) is 0 Å². The van der Waals surface area contributed by atoms with Gasteiger partial charge in [0.1, 0.15) is 11.8 Å². The Morgan fingerprint density at radius 3 is 2.91 bits per heavy atom. The number of ether oxygens (including phenoxy) is 2. The second-order valence-electron chi connectivity index (χ2n) is 4.54. The number of hydrogen-bond donors (Lipinski definition) is 0. The lowest BCUT2D eigenvalue weighted by Gasteiger charge is -2.30. The number of aromatic nitrogens is 2. The average molecular weight is 317 g/mol. The number of anilines is 2. The molecule has 3 rings (SSSR count). The Morgan fingerprint density at radius 2 is 2.14 bits per heavy atom. The van der Waals surface area contributed by atoms with E-state index >= 15 is 0 Å². The van der Waals surface area contributed by atoms with Crippen molar-refractivity contribution in [2.75, 3.05) is 25.3 Å². The van der Waals surface area contributed by atoms with E-state index < -0.39 is 0 Å². The molecule has 0 saturated heterocycles. The molecular formula is C15H15N3O3S. The molecule has 2 heterocycles. The fourth-order valence-corrected chi connectivity index (χ4v) is 3.26. The van der Waals surface area contributed by atoms with Gasteiger partial charge in [-0.05, 0) is 25.1 Å². The van der Waals surface area contributed by atoms with Crippen molar-refractivity contribution < 1.29 is 14.3 Å². The number of carbonyl (C=O) groups is 1. The largest absolute Gasteiger partial charge is 0.462 e. The average Bonchev–Trinajstić information content (AvgIpc) is 2.54. The van der Waals surface area contributed by atoms with Crippen LogP contribution >= 0.6 is 11.8 Å². The highest BCUT2D eigenvalue weighted by atomic mass is 32.2. The minimum absolute atomic E-state index is 0.325. The van der Waals surface area contributed by atoms with E-state index in [9.17, 15) is 4.79 Å². The second kappa shape index (κ2) is 6.33. The van der Waals surface area contributed by atoms with Crippen LogP contribution in [0, 0.1) is 0 Å². The van der Waals surface area contributed by atoms with E-state index in [0.717, 1.165) is 21.4 Å². The van der Waals surface area contributed by atoms with Gasteiger partial charge in [-0.3, -0.25) is 4.90 Å². The van der Waals surface area contributed by atoms with Crippen LogP contribution in [0.4, 0.5) is 11.5 Å². The summed E-state index contributed by atoms with van der Waals surface area (Å²) in [5, 5.41) is 0.785. The van der Waals surface area contributed by atoms with Crippen molar-refractivity contribution in [2.45, 2.75) is 16.8 Å². The Morgan fingerprint density at radius 1 is 1.32 bits per heavy atom. The van der Waals surface area contributed by atoms with Gasteiger partial charge in [0.15, 0.2) is 5.82 Å². The molecule has 7 heteroatoms. The number of benzene rings is 1. The Hall–Kier alpha value is -2.12. The molecule has 1 aliphatic heterocycles. The van der Waals surface area contributed by atoms with Crippen LogP contribution in [-0.4, -0.2) is 36.4 Å². The molecule has 114 valence electrons. The number of rotatable bonds is 4. The minimum Gasteiger partial charge on any atom is -0.462 e. The second-order valence-corrected chi connectivity index (χ2v) is 5.57. The van der Waals surface area contributed by atoms with E-state index in [4.69, 9.17) is 9.47 Å². The highest BCUT2D eigenvalue weighted by molar-refractivity contribution is 7.99. The molecule has 22 heavy (non-hydrogen) atoms. The first-order valence-corrected chi connectivity index (χ1v) is 7.62. The fourth-order valence-electron chi connectivity index (χ4n) is 2.21. The Balaban J connectivity index is 2.02. The van der Waals surface area contributed by atoms with Crippen molar-refractivity contribution in [1.82, 2.24) is 9.97 Å². The van der Waals surface area contributed by atoms with Crippen LogP contribution in [0.25, 0.3) is 0 Å². The van der Waals surface area contributed by atoms with Gasteiger partial charge >= 0.3 is 5.97 Å². The molecule has 0 amide bonds. The summed E-state index contributed by atoms with van der Waals surface area (Å²) in [6.45, 7) is 2.50. The highest BCUT2D eigenvalue weighted by Gasteiger charge is 2.26. The third-order valence-electron chi connectivity index (χ3n) is 3.13. The zero-order valence-electron chi connectivity index (χ0n) is 12.3. The standard InChI is InChI=1S/C15H15N3O3S/c1-3-21-15(19)10-4-5-11-12(8-10)22-14-13(16-6-7-17-14)18(11)9-20-2/h4-8H,3,9H2,1-2H3. The topological polar surface area (TPSA) is 64.5 Å². The van der Waals surface area contributed by atoms with E-state index in [1.165, 1.54) is 11.8 Å². The van der Waals surface area contributed by atoms with Crippen LogP contribution in [0.3, 0.4) is 0 Å². The highest BCUT2D eigenvalue weighted by Crippen LogP contribution is 2.46. The number of methoxy groups -OCH3 is 1. The number of hydrogen-bond acceptors (Lipinski definition) is 7. The molecule has 0 bridgehead atoms. The normalized spacial score (nSPS) is 12.5. The number of fused-ring (bicyclic) bond motifs is 2. The molecule has 2 aromatic rings. The van der Waals surface area contributed by atoms with Gasteiger partial charge < -0.3 is 9.47 Å². The van der Waals surface area contributed by atoms with Crippen LogP contribution in [0.15, 0.2) is 40.5 Å². The molecule has 0 fully saturated rings. The fraction of sp³-hybridized carbons (Fsp3) is 0.267. The maximum Gasteiger partial charge on any atom is 0.338 e. The predicted molar refractivity (Wildman–Crippen MR) is 82.6 cm³/mol. The van der Waals surface area contributed by atoms with Crippen LogP contribution in [-0.2, 0) is 9.47 Å². The van der Waals surface area contributed by atoms with E-state index in [0.29, 0.717) is 18.9 Å². The van der Waals surface area contributed by atoms with Gasteiger partial charge in [0.25, 0.3) is 0 Å². The zero-order valence-corrected chi connectivity index (χ0v) is 13.1. The van der Waals surface area contributed by atoms with E-state index in [1.807, 2.05) is 17.0 Å². The van der Waals surface area contributed by atoms with Crippen LogP contribution in [0.5, 0.6) is 0 Å². The molecule has 0 atom stereocenters. The lowest BCUT2D eigenvalue weighted by atomic mass is 10.2. The Kier molecular flexibility index (Phi) is 4.26. The summed E-state index contributed by atoms with van der Waals surface area (Å²) in [6.07, 6.45) is 3.30. The summed E-state index contributed by atoms with van der Waals surface area (Å²) in [5.74, 6) is 0.430. The lowest BCUT2D eigenvalue weighted by molar-refractivity contribution is 0.0526. The van der Waals surface area contributed by atoms with Gasteiger partial charge in [-0.25, -0.2) is 14.8 Å². The van der Waals surface area contributed by atoms with Crippen molar-refractivity contribution in [3.05, 3.63) is 36.2 Å². The number of esters is 1. The summed E-state index contributed by atoms with van der Waals surface area (Å²) >= 11 is 1.48. The monoisotopic (exact) mass is 317 g/mol. The van der Waals surface area contributed by atoms with Crippen LogP contribution < -0.4 is 4.90 Å². The molecule has 0 spiro atoms. The van der Waals surface area contributed by atoms with Crippen molar-refractivity contribution in [3.63, 3.8) is 0 Å². The summed E-state index contributed by atoms with van der Waals surface area (Å²) in [6, 6.07) is 5.45. The van der Waals surface area contributed by atoms with Gasteiger partial charge in [0.05, 0.1) is 17.9 Å². The Bertz CT molecular complexity index is 708. The van der Waals surface area contributed by atoms with Crippen molar-refractivity contribution in [3.8, 4) is 0 Å². The van der Waals surface area contributed by atoms with E-state index in [1.54, 1.807) is 32.5 Å². The third kappa shape index (κ3) is 2.65. The summed E-state index contributed by atoms with van der Waals surface area (Å²) in [7, 11) is 1.63. The molecule has 1 aromatic heterocycles. The third-order valence-corrected chi connectivity index (χ3v) is 4.16. The number of carbonyl (C=O) groups excluding carboxylic acids is 1. The molecule has 0 radical (unpaired) electrons. The molecule has 0 unspecified atom stereocenters. The van der Waals surface area contributed by atoms with Crippen LogP contribution in [0.1, 0.15) is 17.3 Å². The maximum atomic E-state index is 11.9. The molecule has 0 saturated carbocycles. The minimum atomic E-state index is -0.325.